The summed E-state index contributed by atoms with van der Waals surface area (Å²) in [5.74, 6) is 0.0263. The van der Waals surface area contributed by atoms with Crippen LogP contribution in [0.25, 0.3) is 0 Å². The predicted molar refractivity (Wildman–Crippen MR) is 55.9 cm³/mol. The van der Waals surface area contributed by atoms with Gasteiger partial charge >= 0.3 is 0 Å². The fraction of sp³-hybridized carbons (Fsp3) is 0.545. The molecular weight excluding hydrogens is 192 g/mol. The van der Waals surface area contributed by atoms with Gasteiger partial charge in [0.05, 0.1) is 12.5 Å². The Hall–Kier alpha value is -1.29. The van der Waals surface area contributed by atoms with Gasteiger partial charge in [-0.05, 0) is 25.3 Å². The molecule has 3 N–H and O–H groups in total. The van der Waals surface area contributed by atoms with Gasteiger partial charge in [-0.3, -0.25) is 4.79 Å². The van der Waals surface area contributed by atoms with Crippen molar-refractivity contribution in [3.8, 4) is 0 Å². The fourth-order valence-corrected chi connectivity index (χ4v) is 1.78. The number of carbonyl (C=O) groups is 1. The van der Waals surface area contributed by atoms with E-state index in [9.17, 15) is 4.79 Å². The van der Waals surface area contributed by atoms with Gasteiger partial charge in [0.1, 0.15) is 0 Å². The van der Waals surface area contributed by atoms with Gasteiger partial charge in [0.15, 0.2) is 0 Å². The molecule has 0 saturated heterocycles. The van der Waals surface area contributed by atoms with Crippen LogP contribution in [-0.4, -0.2) is 11.4 Å². The van der Waals surface area contributed by atoms with E-state index in [-0.39, 0.29) is 11.4 Å². The Labute approximate surface area is 88.8 Å². The van der Waals surface area contributed by atoms with Crippen molar-refractivity contribution in [1.29, 1.82) is 0 Å². The second-order valence-corrected chi connectivity index (χ2v) is 4.30. The third-order valence-electron chi connectivity index (χ3n) is 2.93. The lowest BCUT2D eigenvalue weighted by Gasteiger charge is -2.37. The van der Waals surface area contributed by atoms with E-state index in [1.807, 2.05) is 6.07 Å². The normalized spacial score (nSPS) is 18.2. The number of carbonyl (C=O) groups excluding carboxylic acids is 1. The van der Waals surface area contributed by atoms with Crippen molar-refractivity contribution in [3.05, 3.63) is 24.2 Å². The largest absolute Gasteiger partial charge is 0.472 e. The maximum atomic E-state index is 11.5. The van der Waals surface area contributed by atoms with Crippen molar-refractivity contribution in [3.63, 3.8) is 0 Å². The van der Waals surface area contributed by atoms with Crippen molar-refractivity contribution in [2.24, 2.45) is 5.73 Å². The first-order valence-corrected chi connectivity index (χ1v) is 5.25. The molecule has 82 valence electrons. The molecule has 1 fully saturated rings. The lowest BCUT2D eigenvalue weighted by Crippen LogP contribution is -2.49. The monoisotopic (exact) mass is 208 g/mol. The summed E-state index contributed by atoms with van der Waals surface area (Å²) in [5, 5.41) is 2.83. The summed E-state index contributed by atoms with van der Waals surface area (Å²) in [5.41, 5.74) is 6.71. The molecule has 4 heteroatoms. The summed E-state index contributed by atoms with van der Waals surface area (Å²) in [6.45, 7) is 0.519. The zero-order valence-corrected chi connectivity index (χ0v) is 8.66. The molecule has 0 aromatic carbocycles. The van der Waals surface area contributed by atoms with E-state index in [1.165, 1.54) is 0 Å². The molecule has 1 amide bonds. The quantitative estimate of drug-likeness (QED) is 0.780. The molecule has 1 aliphatic rings. The molecule has 0 aliphatic heterocycles. The van der Waals surface area contributed by atoms with Crippen LogP contribution in [0.4, 0.5) is 0 Å². The van der Waals surface area contributed by atoms with Crippen LogP contribution in [0, 0.1) is 0 Å². The standard InChI is InChI=1S/C11H16N2O2/c12-11(3-1-4-11)6-10(14)13-7-9-2-5-15-8-9/h2,5,8H,1,3-4,6-7,12H2,(H,13,14). The molecule has 0 bridgehead atoms. The average Bonchev–Trinajstić information content (AvgIpc) is 2.64. The van der Waals surface area contributed by atoms with Crippen molar-refractivity contribution in [1.82, 2.24) is 5.32 Å². The highest BCUT2D eigenvalue weighted by atomic mass is 16.3. The lowest BCUT2D eigenvalue weighted by atomic mass is 9.75. The number of hydrogen-bond donors (Lipinski definition) is 2. The highest BCUT2D eigenvalue weighted by Crippen LogP contribution is 2.31. The molecule has 0 atom stereocenters. The van der Waals surface area contributed by atoms with Gasteiger partial charge in [-0.25, -0.2) is 0 Å². The SMILES string of the molecule is NC1(CC(=O)NCc2ccoc2)CCC1. The first kappa shape index (κ1) is 10.2. The predicted octanol–water partition coefficient (Wildman–Crippen LogP) is 1.17. The highest BCUT2D eigenvalue weighted by Gasteiger charge is 2.34. The summed E-state index contributed by atoms with van der Waals surface area (Å²) in [4.78, 5) is 11.5. The minimum Gasteiger partial charge on any atom is -0.472 e. The van der Waals surface area contributed by atoms with E-state index in [0.717, 1.165) is 24.8 Å². The molecule has 4 nitrogen and oxygen atoms in total. The van der Waals surface area contributed by atoms with Crippen LogP contribution in [0.15, 0.2) is 23.0 Å². The van der Waals surface area contributed by atoms with Crippen molar-refractivity contribution in [2.75, 3.05) is 0 Å². The first-order chi connectivity index (χ1) is 7.18. The molecule has 1 aromatic heterocycles. The molecule has 0 unspecified atom stereocenters. The van der Waals surface area contributed by atoms with Gasteiger partial charge in [-0.15, -0.1) is 0 Å². The zero-order valence-electron chi connectivity index (χ0n) is 8.66. The van der Waals surface area contributed by atoms with Crippen molar-refractivity contribution in [2.45, 2.75) is 37.8 Å². The summed E-state index contributed by atoms with van der Waals surface area (Å²) in [6, 6.07) is 1.84. The van der Waals surface area contributed by atoms with Crippen molar-refractivity contribution < 1.29 is 9.21 Å². The Bertz CT molecular complexity index is 328. The van der Waals surface area contributed by atoms with E-state index in [0.29, 0.717) is 13.0 Å². The number of nitrogens with one attached hydrogen (secondary N) is 1. The number of hydrogen-bond acceptors (Lipinski definition) is 3. The van der Waals surface area contributed by atoms with Crippen LogP contribution in [0.2, 0.25) is 0 Å². The smallest absolute Gasteiger partial charge is 0.222 e. The Morgan fingerprint density at radius 1 is 1.60 bits per heavy atom. The van der Waals surface area contributed by atoms with Gasteiger partial charge in [0.25, 0.3) is 0 Å². The maximum absolute atomic E-state index is 11.5. The third kappa shape index (κ3) is 2.59. The van der Waals surface area contributed by atoms with Gasteiger partial charge in [0, 0.05) is 24.1 Å². The van der Waals surface area contributed by atoms with E-state index in [2.05, 4.69) is 5.32 Å². The third-order valence-corrected chi connectivity index (χ3v) is 2.93. The number of nitrogens with two attached hydrogens (primary N) is 1. The summed E-state index contributed by atoms with van der Waals surface area (Å²) < 4.78 is 4.90. The van der Waals surface area contributed by atoms with Crippen LogP contribution < -0.4 is 11.1 Å². The first-order valence-electron chi connectivity index (χ1n) is 5.25. The van der Waals surface area contributed by atoms with Crippen LogP contribution in [0.3, 0.4) is 0 Å². The Morgan fingerprint density at radius 2 is 2.40 bits per heavy atom. The van der Waals surface area contributed by atoms with Crippen LogP contribution in [0.5, 0.6) is 0 Å². The van der Waals surface area contributed by atoms with Crippen LogP contribution >= 0.6 is 0 Å². The van der Waals surface area contributed by atoms with Crippen molar-refractivity contribution >= 4 is 5.91 Å². The topological polar surface area (TPSA) is 68.3 Å². The summed E-state index contributed by atoms with van der Waals surface area (Å²) in [7, 11) is 0. The fourth-order valence-electron chi connectivity index (χ4n) is 1.78. The maximum Gasteiger partial charge on any atom is 0.222 e. The van der Waals surface area contributed by atoms with Gasteiger partial charge in [-0.1, -0.05) is 0 Å². The lowest BCUT2D eigenvalue weighted by molar-refractivity contribution is -0.123. The number of rotatable bonds is 4. The minimum atomic E-state index is -0.236. The Morgan fingerprint density at radius 3 is 2.93 bits per heavy atom. The minimum absolute atomic E-state index is 0.0263. The summed E-state index contributed by atoms with van der Waals surface area (Å²) >= 11 is 0. The molecule has 0 radical (unpaired) electrons. The van der Waals surface area contributed by atoms with E-state index >= 15 is 0 Å². The van der Waals surface area contributed by atoms with E-state index in [4.69, 9.17) is 10.2 Å². The Kier molecular flexibility index (Phi) is 2.77. The second-order valence-electron chi connectivity index (χ2n) is 4.30. The van der Waals surface area contributed by atoms with Crippen LogP contribution in [0.1, 0.15) is 31.2 Å². The number of furan rings is 1. The Balaban J connectivity index is 1.73. The molecule has 1 heterocycles. The molecule has 1 aliphatic carbocycles. The van der Waals surface area contributed by atoms with E-state index < -0.39 is 0 Å². The molecular formula is C11H16N2O2. The van der Waals surface area contributed by atoms with Gasteiger partial charge in [0.2, 0.25) is 5.91 Å². The van der Waals surface area contributed by atoms with Gasteiger partial charge < -0.3 is 15.5 Å². The average molecular weight is 208 g/mol. The van der Waals surface area contributed by atoms with E-state index in [1.54, 1.807) is 12.5 Å². The summed E-state index contributed by atoms with van der Waals surface area (Å²) in [6.07, 6.45) is 6.73. The molecule has 2 rings (SSSR count). The van der Waals surface area contributed by atoms with Gasteiger partial charge in [-0.2, -0.15) is 0 Å². The molecule has 1 saturated carbocycles. The highest BCUT2D eigenvalue weighted by molar-refractivity contribution is 5.77. The van der Waals surface area contributed by atoms with Crippen LogP contribution in [-0.2, 0) is 11.3 Å². The molecule has 1 aromatic rings. The second kappa shape index (κ2) is 4.06. The molecule has 15 heavy (non-hydrogen) atoms. The number of amides is 1. The molecule has 0 spiro atoms. The zero-order chi connectivity index (χ0) is 10.7.